The van der Waals surface area contributed by atoms with Crippen molar-refractivity contribution >= 4 is 31.9 Å². The summed E-state index contributed by atoms with van der Waals surface area (Å²) in [6, 6.07) is 11.0. The number of hydrogen-bond acceptors (Lipinski definition) is 4. The fourth-order valence-electron chi connectivity index (χ4n) is 3.36. The van der Waals surface area contributed by atoms with E-state index in [0.29, 0.717) is 23.7 Å². The first-order chi connectivity index (χ1) is 13.7. The lowest BCUT2D eigenvalue weighted by molar-refractivity contribution is -0.134. The van der Waals surface area contributed by atoms with Gasteiger partial charge in [-0.2, -0.15) is 4.31 Å². The summed E-state index contributed by atoms with van der Waals surface area (Å²) in [5.41, 5.74) is 2.86. The van der Waals surface area contributed by atoms with Crippen molar-refractivity contribution in [1.82, 2.24) is 9.21 Å². The quantitative estimate of drug-likeness (QED) is 0.658. The first kappa shape index (κ1) is 21.8. The maximum absolute atomic E-state index is 13.0. The highest BCUT2D eigenvalue weighted by Gasteiger charge is 2.31. The summed E-state index contributed by atoms with van der Waals surface area (Å²) in [7, 11) is -3.57. The summed E-state index contributed by atoms with van der Waals surface area (Å²) in [5, 5.41) is 0. The minimum Gasteiger partial charge on any atom is -0.483 e. The first-order valence-corrected chi connectivity index (χ1v) is 11.7. The Morgan fingerprint density at radius 2 is 1.62 bits per heavy atom. The number of ether oxygens (including phenoxy) is 1. The van der Waals surface area contributed by atoms with Gasteiger partial charge < -0.3 is 9.64 Å². The van der Waals surface area contributed by atoms with Crippen LogP contribution < -0.4 is 4.74 Å². The van der Waals surface area contributed by atoms with E-state index < -0.39 is 10.0 Å². The van der Waals surface area contributed by atoms with Crippen LogP contribution in [0, 0.1) is 20.8 Å². The van der Waals surface area contributed by atoms with Crippen LogP contribution in [0.1, 0.15) is 16.7 Å². The molecular weight excluding hydrogens is 456 g/mol. The molecule has 29 heavy (non-hydrogen) atoms. The van der Waals surface area contributed by atoms with Gasteiger partial charge in [0.25, 0.3) is 5.91 Å². The summed E-state index contributed by atoms with van der Waals surface area (Å²) in [6.07, 6.45) is 0. The smallest absolute Gasteiger partial charge is 0.260 e. The largest absolute Gasteiger partial charge is 0.483 e. The number of benzene rings is 2. The number of halogens is 1. The molecule has 1 saturated heterocycles. The van der Waals surface area contributed by atoms with Crippen molar-refractivity contribution in [2.24, 2.45) is 0 Å². The van der Waals surface area contributed by atoms with Gasteiger partial charge in [-0.05, 0) is 66.0 Å². The Labute approximate surface area is 180 Å². The molecule has 0 N–H and O–H groups in total. The van der Waals surface area contributed by atoms with E-state index in [1.54, 1.807) is 24.0 Å². The lowest BCUT2D eigenvalue weighted by Crippen LogP contribution is -2.51. The summed E-state index contributed by atoms with van der Waals surface area (Å²) in [4.78, 5) is 14.5. The molecule has 0 atom stereocenters. The van der Waals surface area contributed by atoms with Gasteiger partial charge in [-0.25, -0.2) is 8.42 Å². The van der Waals surface area contributed by atoms with Crippen LogP contribution in [0.4, 0.5) is 0 Å². The molecule has 1 heterocycles. The second kappa shape index (κ2) is 8.85. The topological polar surface area (TPSA) is 66.9 Å². The van der Waals surface area contributed by atoms with Crippen molar-refractivity contribution in [2.75, 3.05) is 32.8 Å². The molecule has 0 spiro atoms. The average Bonchev–Trinajstić information content (AvgIpc) is 2.67. The van der Waals surface area contributed by atoms with Crippen LogP contribution in [-0.2, 0) is 14.8 Å². The zero-order chi connectivity index (χ0) is 21.2. The van der Waals surface area contributed by atoms with Gasteiger partial charge in [-0.1, -0.05) is 23.8 Å². The highest BCUT2D eigenvalue weighted by molar-refractivity contribution is 9.10. The normalized spacial score (nSPS) is 15.4. The fourth-order valence-corrected chi connectivity index (χ4v) is 5.60. The molecule has 6 nitrogen and oxygen atoms in total. The third-order valence-electron chi connectivity index (χ3n) is 4.98. The van der Waals surface area contributed by atoms with E-state index in [-0.39, 0.29) is 25.6 Å². The van der Waals surface area contributed by atoms with Crippen LogP contribution in [0.2, 0.25) is 0 Å². The van der Waals surface area contributed by atoms with Crippen molar-refractivity contribution in [3.05, 3.63) is 57.6 Å². The molecule has 8 heteroatoms. The van der Waals surface area contributed by atoms with E-state index in [1.165, 1.54) is 4.31 Å². The second-order valence-corrected chi connectivity index (χ2v) is 10.0. The van der Waals surface area contributed by atoms with E-state index in [1.807, 2.05) is 38.1 Å². The van der Waals surface area contributed by atoms with Gasteiger partial charge >= 0.3 is 0 Å². The molecule has 2 aromatic carbocycles. The highest BCUT2D eigenvalue weighted by Crippen LogP contribution is 2.26. The van der Waals surface area contributed by atoms with Crippen molar-refractivity contribution in [2.45, 2.75) is 25.7 Å². The Kier molecular flexibility index (Phi) is 6.65. The zero-order valence-electron chi connectivity index (χ0n) is 16.8. The van der Waals surface area contributed by atoms with Crippen LogP contribution in [0.25, 0.3) is 0 Å². The highest BCUT2D eigenvalue weighted by atomic mass is 79.9. The van der Waals surface area contributed by atoms with Gasteiger partial charge in [0, 0.05) is 26.2 Å². The molecule has 0 aromatic heterocycles. The predicted octanol–water partition coefficient (Wildman–Crippen LogP) is 3.29. The standard InChI is InChI=1S/C21H25BrN2O4S/c1-15-5-7-20(17(3)12-15)29(26,27)24-10-8-23(9-11-24)21(25)14-28-19-6-4-16(2)13-18(19)22/h4-7,12-13H,8-11,14H2,1-3H3. The van der Waals surface area contributed by atoms with Gasteiger partial charge in [-0.3, -0.25) is 4.79 Å². The molecule has 2 aromatic rings. The third kappa shape index (κ3) is 4.99. The Bertz CT molecular complexity index is 1020. The number of sulfonamides is 1. The number of hydrogen-bond donors (Lipinski definition) is 0. The molecule has 0 bridgehead atoms. The lowest BCUT2D eigenvalue weighted by atomic mass is 10.2. The predicted molar refractivity (Wildman–Crippen MR) is 116 cm³/mol. The van der Waals surface area contributed by atoms with Crippen LogP contribution >= 0.6 is 15.9 Å². The minimum atomic E-state index is -3.57. The SMILES string of the molecule is Cc1ccc(S(=O)(=O)N2CCN(C(=O)COc3ccc(C)cc3Br)CC2)c(C)c1. The summed E-state index contributed by atoms with van der Waals surface area (Å²) in [5.74, 6) is 0.459. The van der Waals surface area contributed by atoms with Gasteiger partial charge in [0.05, 0.1) is 9.37 Å². The Morgan fingerprint density at radius 1 is 1.00 bits per heavy atom. The number of rotatable bonds is 5. The van der Waals surface area contributed by atoms with Gasteiger partial charge in [0.15, 0.2) is 6.61 Å². The number of amides is 1. The number of aryl methyl sites for hydroxylation is 3. The van der Waals surface area contributed by atoms with E-state index in [0.717, 1.165) is 21.2 Å². The lowest BCUT2D eigenvalue weighted by Gasteiger charge is -2.34. The van der Waals surface area contributed by atoms with Crippen molar-refractivity contribution < 1.29 is 17.9 Å². The molecule has 1 fully saturated rings. The third-order valence-corrected chi connectivity index (χ3v) is 7.66. The molecule has 1 aliphatic heterocycles. The van der Waals surface area contributed by atoms with Crippen molar-refractivity contribution in [3.8, 4) is 5.75 Å². The van der Waals surface area contributed by atoms with Crippen molar-refractivity contribution in [3.63, 3.8) is 0 Å². The average molecular weight is 481 g/mol. The molecule has 1 aliphatic rings. The van der Waals surface area contributed by atoms with Crippen LogP contribution in [-0.4, -0.2) is 56.3 Å². The van der Waals surface area contributed by atoms with E-state index >= 15 is 0 Å². The molecule has 0 unspecified atom stereocenters. The van der Waals surface area contributed by atoms with Crippen LogP contribution in [0.5, 0.6) is 5.75 Å². The van der Waals surface area contributed by atoms with Gasteiger partial charge in [0.2, 0.25) is 10.0 Å². The Morgan fingerprint density at radius 3 is 2.24 bits per heavy atom. The minimum absolute atomic E-state index is 0.0779. The molecule has 3 rings (SSSR count). The van der Waals surface area contributed by atoms with E-state index in [4.69, 9.17) is 4.74 Å². The molecule has 0 aliphatic carbocycles. The summed E-state index contributed by atoms with van der Waals surface area (Å²) >= 11 is 3.43. The maximum Gasteiger partial charge on any atom is 0.260 e. The molecule has 0 saturated carbocycles. The van der Waals surface area contributed by atoms with Crippen LogP contribution in [0.15, 0.2) is 45.8 Å². The van der Waals surface area contributed by atoms with Gasteiger partial charge in [-0.15, -0.1) is 0 Å². The second-order valence-electron chi connectivity index (χ2n) is 7.28. The fraction of sp³-hybridized carbons (Fsp3) is 0.381. The number of carbonyl (C=O) groups excluding carboxylic acids is 1. The Balaban J connectivity index is 1.58. The zero-order valence-corrected chi connectivity index (χ0v) is 19.2. The molecule has 0 radical (unpaired) electrons. The van der Waals surface area contributed by atoms with E-state index in [2.05, 4.69) is 15.9 Å². The summed E-state index contributed by atoms with van der Waals surface area (Å²) in [6.45, 7) is 6.88. The monoisotopic (exact) mass is 480 g/mol. The van der Waals surface area contributed by atoms with Gasteiger partial charge in [0.1, 0.15) is 5.75 Å². The van der Waals surface area contributed by atoms with Crippen molar-refractivity contribution in [1.29, 1.82) is 0 Å². The number of nitrogens with zero attached hydrogens (tertiary/aromatic N) is 2. The molecule has 1 amide bonds. The number of piperazine rings is 1. The Hall–Kier alpha value is -1.90. The first-order valence-electron chi connectivity index (χ1n) is 9.42. The molecule has 156 valence electrons. The van der Waals surface area contributed by atoms with E-state index in [9.17, 15) is 13.2 Å². The summed E-state index contributed by atoms with van der Waals surface area (Å²) < 4.78 is 33.8. The van der Waals surface area contributed by atoms with Crippen LogP contribution in [0.3, 0.4) is 0 Å². The molecular formula is C21H25BrN2O4S. The number of carbonyl (C=O) groups is 1. The maximum atomic E-state index is 13.0.